The molecule has 1 heterocycles. The zero-order chi connectivity index (χ0) is 13.4. The Hall–Kier alpha value is -0.160. The van der Waals surface area contributed by atoms with E-state index >= 15 is 0 Å². The molecular weight excluding hydrogens is 228 g/mol. The van der Waals surface area contributed by atoms with Gasteiger partial charge in [0, 0.05) is 46.0 Å². The Labute approximate surface area is 112 Å². The summed E-state index contributed by atoms with van der Waals surface area (Å²) in [5.41, 5.74) is 6.03. The van der Waals surface area contributed by atoms with E-state index < -0.39 is 0 Å². The van der Waals surface area contributed by atoms with Gasteiger partial charge in [-0.3, -0.25) is 4.90 Å². The lowest BCUT2D eigenvalue weighted by Gasteiger charge is -2.39. The van der Waals surface area contributed by atoms with Crippen molar-refractivity contribution in [3.8, 4) is 0 Å². The van der Waals surface area contributed by atoms with Gasteiger partial charge in [-0.1, -0.05) is 13.8 Å². The number of nitrogens with two attached hydrogens (primary N) is 1. The van der Waals surface area contributed by atoms with Gasteiger partial charge in [0.1, 0.15) is 0 Å². The highest BCUT2D eigenvalue weighted by atomic mass is 16.5. The summed E-state index contributed by atoms with van der Waals surface area (Å²) < 4.78 is 10.7. The third-order valence-corrected chi connectivity index (χ3v) is 3.70. The van der Waals surface area contributed by atoms with Crippen LogP contribution in [0.25, 0.3) is 0 Å². The van der Waals surface area contributed by atoms with Crippen LogP contribution in [-0.2, 0) is 9.47 Å². The van der Waals surface area contributed by atoms with E-state index in [0.29, 0.717) is 17.9 Å². The molecule has 4 heteroatoms. The second-order valence-electron chi connectivity index (χ2n) is 5.63. The van der Waals surface area contributed by atoms with Crippen molar-refractivity contribution in [3.05, 3.63) is 0 Å². The topological polar surface area (TPSA) is 47.7 Å². The number of methoxy groups -OCH3 is 1. The largest absolute Gasteiger partial charge is 0.383 e. The first kappa shape index (κ1) is 15.9. The fourth-order valence-corrected chi connectivity index (χ4v) is 2.81. The highest BCUT2D eigenvalue weighted by molar-refractivity contribution is 4.82. The van der Waals surface area contributed by atoms with Crippen molar-refractivity contribution in [1.29, 1.82) is 0 Å². The Morgan fingerprint density at radius 3 is 2.50 bits per heavy atom. The van der Waals surface area contributed by atoms with Gasteiger partial charge in [-0.25, -0.2) is 0 Å². The molecule has 0 bridgehead atoms. The standard InChI is InChI=1S/C14H30N2O2/c1-12(2)11-16(6-9-17-3)14(10-15)13-4-7-18-8-5-13/h12-14H,4-11,15H2,1-3H3. The van der Waals surface area contributed by atoms with Crippen LogP contribution in [0, 0.1) is 11.8 Å². The average molecular weight is 258 g/mol. The molecule has 1 fully saturated rings. The van der Waals surface area contributed by atoms with Crippen LogP contribution in [-0.4, -0.2) is 57.5 Å². The van der Waals surface area contributed by atoms with E-state index in [1.54, 1.807) is 7.11 Å². The summed E-state index contributed by atoms with van der Waals surface area (Å²) in [5.74, 6) is 1.34. The quantitative estimate of drug-likeness (QED) is 0.714. The first-order valence-electron chi connectivity index (χ1n) is 7.19. The number of nitrogens with zero attached hydrogens (tertiary/aromatic N) is 1. The molecule has 1 aliphatic heterocycles. The normalized spacial score (nSPS) is 19.7. The highest BCUT2D eigenvalue weighted by Crippen LogP contribution is 2.23. The Morgan fingerprint density at radius 2 is 2.00 bits per heavy atom. The molecule has 1 unspecified atom stereocenters. The van der Waals surface area contributed by atoms with Crippen LogP contribution in [0.5, 0.6) is 0 Å². The van der Waals surface area contributed by atoms with Crippen LogP contribution in [0.15, 0.2) is 0 Å². The van der Waals surface area contributed by atoms with Crippen LogP contribution >= 0.6 is 0 Å². The van der Waals surface area contributed by atoms with Gasteiger partial charge >= 0.3 is 0 Å². The summed E-state index contributed by atoms with van der Waals surface area (Å²) in [6, 6.07) is 0.478. The second-order valence-corrected chi connectivity index (χ2v) is 5.63. The SMILES string of the molecule is COCCN(CC(C)C)C(CN)C1CCOCC1. The molecule has 108 valence electrons. The summed E-state index contributed by atoms with van der Waals surface area (Å²) in [7, 11) is 1.76. The molecule has 0 aromatic heterocycles. The predicted octanol–water partition coefficient (Wildman–Crippen LogP) is 1.34. The van der Waals surface area contributed by atoms with Gasteiger partial charge in [0.15, 0.2) is 0 Å². The molecule has 18 heavy (non-hydrogen) atoms. The van der Waals surface area contributed by atoms with Gasteiger partial charge in [0.2, 0.25) is 0 Å². The minimum Gasteiger partial charge on any atom is -0.383 e. The molecule has 0 aliphatic carbocycles. The van der Waals surface area contributed by atoms with Gasteiger partial charge in [-0.15, -0.1) is 0 Å². The zero-order valence-electron chi connectivity index (χ0n) is 12.2. The molecule has 0 amide bonds. The molecule has 2 N–H and O–H groups in total. The van der Waals surface area contributed by atoms with Crippen molar-refractivity contribution in [1.82, 2.24) is 4.90 Å². The van der Waals surface area contributed by atoms with Crippen LogP contribution < -0.4 is 5.73 Å². The molecule has 1 aliphatic rings. The highest BCUT2D eigenvalue weighted by Gasteiger charge is 2.28. The number of hydrogen-bond acceptors (Lipinski definition) is 4. The van der Waals surface area contributed by atoms with Crippen molar-refractivity contribution in [2.45, 2.75) is 32.7 Å². The molecule has 0 saturated carbocycles. The molecule has 0 aromatic carbocycles. The van der Waals surface area contributed by atoms with Crippen LogP contribution in [0.3, 0.4) is 0 Å². The van der Waals surface area contributed by atoms with E-state index in [-0.39, 0.29) is 0 Å². The Kier molecular flexibility index (Phi) is 7.82. The molecule has 1 atom stereocenters. The van der Waals surface area contributed by atoms with Crippen LogP contribution in [0.4, 0.5) is 0 Å². The summed E-state index contributed by atoms with van der Waals surface area (Å²) >= 11 is 0. The van der Waals surface area contributed by atoms with E-state index in [9.17, 15) is 0 Å². The van der Waals surface area contributed by atoms with E-state index in [1.165, 1.54) is 0 Å². The summed E-state index contributed by atoms with van der Waals surface area (Å²) in [6.07, 6.45) is 2.28. The maximum atomic E-state index is 6.03. The molecule has 4 nitrogen and oxygen atoms in total. The molecule has 1 saturated heterocycles. The molecule has 0 spiro atoms. The third-order valence-electron chi connectivity index (χ3n) is 3.70. The first-order valence-corrected chi connectivity index (χ1v) is 7.19. The maximum absolute atomic E-state index is 6.03. The second kappa shape index (κ2) is 8.86. The van der Waals surface area contributed by atoms with Crippen molar-refractivity contribution in [3.63, 3.8) is 0 Å². The van der Waals surface area contributed by atoms with E-state index in [4.69, 9.17) is 15.2 Å². The monoisotopic (exact) mass is 258 g/mol. The zero-order valence-corrected chi connectivity index (χ0v) is 12.2. The van der Waals surface area contributed by atoms with Gasteiger partial charge in [-0.2, -0.15) is 0 Å². The molecule has 0 radical (unpaired) electrons. The van der Waals surface area contributed by atoms with E-state index in [2.05, 4.69) is 18.7 Å². The Balaban J connectivity index is 2.58. The molecule has 1 rings (SSSR count). The van der Waals surface area contributed by atoms with Gasteiger partial charge in [-0.05, 0) is 24.7 Å². The van der Waals surface area contributed by atoms with Gasteiger partial charge in [0.05, 0.1) is 6.61 Å². The van der Waals surface area contributed by atoms with Crippen molar-refractivity contribution >= 4 is 0 Å². The summed E-state index contributed by atoms with van der Waals surface area (Å²) in [5, 5.41) is 0. The number of ether oxygens (including phenoxy) is 2. The van der Waals surface area contributed by atoms with Gasteiger partial charge in [0.25, 0.3) is 0 Å². The number of hydrogen-bond donors (Lipinski definition) is 1. The van der Waals surface area contributed by atoms with Crippen LogP contribution in [0.1, 0.15) is 26.7 Å². The minimum absolute atomic E-state index is 0.478. The Morgan fingerprint density at radius 1 is 1.33 bits per heavy atom. The van der Waals surface area contributed by atoms with Gasteiger partial charge < -0.3 is 15.2 Å². The minimum atomic E-state index is 0.478. The molecule has 0 aromatic rings. The van der Waals surface area contributed by atoms with Crippen molar-refractivity contribution in [2.24, 2.45) is 17.6 Å². The van der Waals surface area contributed by atoms with Crippen LogP contribution in [0.2, 0.25) is 0 Å². The Bertz CT molecular complexity index is 206. The smallest absolute Gasteiger partial charge is 0.0589 e. The summed E-state index contributed by atoms with van der Waals surface area (Å²) in [4.78, 5) is 2.52. The molecular formula is C14H30N2O2. The fraction of sp³-hybridized carbons (Fsp3) is 1.00. The van der Waals surface area contributed by atoms with E-state index in [1.807, 2.05) is 0 Å². The fourth-order valence-electron chi connectivity index (χ4n) is 2.81. The maximum Gasteiger partial charge on any atom is 0.0589 e. The van der Waals surface area contributed by atoms with Crippen molar-refractivity contribution < 1.29 is 9.47 Å². The predicted molar refractivity (Wildman–Crippen MR) is 74.7 cm³/mol. The van der Waals surface area contributed by atoms with E-state index in [0.717, 1.165) is 52.3 Å². The number of rotatable bonds is 8. The lowest BCUT2D eigenvalue weighted by Crippen LogP contribution is -2.49. The first-order chi connectivity index (χ1) is 8.69. The van der Waals surface area contributed by atoms with Crippen molar-refractivity contribution in [2.75, 3.05) is 46.6 Å². The third kappa shape index (κ3) is 5.22. The lowest BCUT2D eigenvalue weighted by molar-refractivity contribution is 0.0174. The summed E-state index contributed by atoms with van der Waals surface area (Å²) in [6.45, 7) is 9.90. The lowest BCUT2D eigenvalue weighted by atomic mass is 9.90. The average Bonchev–Trinajstić information content (AvgIpc) is 2.37.